The summed E-state index contributed by atoms with van der Waals surface area (Å²) in [5.41, 5.74) is 0. The first-order valence-electron chi connectivity index (χ1n) is 0.977. The van der Waals surface area contributed by atoms with Gasteiger partial charge < -0.3 is 0 Å². The Morgan fingerprint density at radius 2 is 1.12 bits per heavy atom. The Labute approximate surface area is 67.3 Å². The SMILES string of the molecule is CS(N)(=O)=O.Cl.Cl.Cl. The molecule has 8 heavy (non-hydrogen) atoms. The molecule has 0 amide bonds. The lowest BCUT2D eigenvalue weighted by molar-refractivity contribution is 0.603. The first kappa shape index (κ1) is 23.3. The summed E-state index contributed by atoms with van der Waals surface area (Å²) in [5, 5.41) is 4.33. The molecule has 0 bridgehead atoms. The van der Waals surface area contributed by atoms with Gasteiger partial charge in [0.05, 0.1) is 6.26 Å². The lowest BCUT2D eigenvalue weighted by Gasteiger charge is -1.71. The van der Waals surface area contributed by atoms with E-state index in [1.807, 2.05) is 0 Å². The maximum atomic E-state index is 9.41. The second-order valence-electron chi connectivity index (χ2n) is 0.830. The van der Waals surface area contributed by atoms with Crippen LogP contribution in [0.4, 0.5) is 0 Å². The van der Waals surface area contributed by atoms with Gasteiger partial charge in [-0.2, -0.15) is 0 Å². The Kier molecular flexibility index (Phi) is 22.6. The van der Waals surface area contributed by atoms with Gasteiger partial charge in [0.15, 0.2) is 0 Å². The van der Waals surface area contributed by atoms with Gasteiger partial charge in [0.25, 0.3) is 0 Å². The maximum Gasteiger partial charge on any atom is 0.206 e. The predicted molar refractivity (Wildman–Crippen MR) is 40.8 cm³/mol. The summed E-state index contributed by atoms with van der Waals surface area (Å²) in [4.78, 5) is 0. The first-order chi connectivity index (χ1) is 2.00. The van der Waals surface area contributed by atoms with E-state index in [1.165, 1.54) is 0 Å². The maximum absolute atomic E-state index is 9.41. The highest BCUT2D eigenvalue weighted by Gasteiger charge is 1.78. The molecule has 0 rings (SSSR count). The third-order valence-corrected chi connectivity index (χ3v) is 0. The van der Waals surface area contributed by atoms with Crippen LogP contribution in [0.5, 0.6) is 0 Å². The van der Waals surface area contributed by atoms with Crippen molar-refractivity contribution in [3.05, 3.63) is 0 Å². The van der Waals surface area contributed by atoms with Crippen molar-refractivity contribution >= 4 is 47.2 Å². The molecule has 0 aliphatic heterocycles. The first-order valence-corrected chi connectivity index (χ1v) is 2.93. The highest BCUT2D eigenvalue weighted by Crippen LogP contribution is 1.52. The number of rotatable bonds is 0. The quantitative estimate of drug-likeness (QED) is 0.611. The molecule has 0 aliphatic carbocycles. The van der Waals surface area contributed by atoms with E-state index in [0.717, 1.165) is 6.26 Å². The molecule has 0 aliphatic rings. The van der Waals surface area contributed by atoms with Crippen LogP contribution in [0.3, 0.4) is 0 Å². The molecule has 0 spiro atoms. The van der Waals surface area contributed by atoms with Crippen LogP contribution in [0.1, 0.15) is 0 Å². The monoisotopic (exact) mass is 203 g/mol. The van der Waals surface area contributed by atoms with E-state index < -0.39 is 10.0 Å². The molecule has 0 radical (unpaired) electrons. The molecule has 0 aromatic rings. The number of halogens is 3. The zero-order chi connectivity index (χ0) is 4.50. The van der Waals surface area contributed by atoms with Gasteiger partial charge in [-0.05, 0) is 0 Å². The smallest absolute Gasteiger partial charge is 0.206 e. The minimum Gasteiger partial charge on any atom is -0.229 e. The van der Waals surface area contributed by atoms with E-state index in [1.54, 1.807) is 0 Å². The average Bonchev–Trinajstić information content (AvgIpc) is 0.722. The molecule has 3 nitrogen and oxygen atoms in total. The molecule has 2 N–H and O–H groups in total. The Hall–Kier alpha value is 0.780. The molecule has 0 heterocycles. The molecule has 0 aromatic heterocycles. The molecule has 0 saturated heterocycles. The van der Waals surface area contributed by atoms with Gasteiger partial charge in [-0.1, -0.05) is 0 Å². The second-order valence-corrected chi connectivity index (χ2v) is 2.49. The fraction of sp³-hybridized carbons (Fsp3) is 1.00. The standard InChI is InChI=1S/CH5NO2S.3ClH/c1-5(2,3)4;;;/h1H3,(H2,2,3,4);3*1H. The van der Waals surface area contributed by atoms with Crippen LogP contribution in [0, 0.1) is 0 Å². The van der Waals surface area contributed by atoms with Crippen LogP contribution in [0.15, 0.2) is 0 Å². The summed E-state index contributed by atoms with van der Waals surface area (Å²) in [6.07, 6.45) is 0.938. The Morgan fingerprint density at radius 1 is 1.12 bits per heavy atom. The molecule has 0 saturated carbocycles. The van der Waals surface area contributed by atoms with Crippen LogP contribution >= 0.6 is 37.2 Å². The summed E-state index contributed by atoms with van der Waals surface area (Å²) in [6, 6.07) is 0. The molecule has 56 valence electrons. The van der Waals surface area contributed by atoms with Crippen LogP contribution < -0.4 is 5.14 Å². The van der Waals surface area contributed by atoms with Crippen molar-refractivity contribution in [1.82, 2.24) is 0 Å². The van der Waals surface area contributed by atoms with E-state index in [2.05, 4.69) is 5.14 Å². The highest BCUT2D eigenvalue weighted by molar-refractivity contribution is 7.88. The van der Waals surface area contributed by atoms with Crippen LogP contribution in [0.25, 0.3) is 0 Å². The van der Waals surface area contributed by atoms with Crippen molar-refractivity contribution < 1.29 is 8.42 Å². The fourth-order valence-electron chi connectivity index (χ4n) is 0. The Bertz CT molecular complexity index is 100. The van der Waals surface area contributed by atoms with Gasteiger partial charge in [0.1, 0.15) is 0 Å². The van der Waals surface area contributed by atoms with E-state index in [-0.39, 0.29) is 37.2 Å². The molecule has 0 fully saturated rings. The van der Waals surface area contributed by atoms with Crippen molar-refractivity contribution in [3.8, 4) is 0 Å². The van der Waals surface area contributed by atoms with E-state index in [0.29, 0.717) is 0 Å². The van der Waals surface area contributed by atoms with Gasteiger partial charge in [0, 0.05) is 0 Å². The zero-order valence-corrected chi connectivity index (χ0v) is 7.29. The number of nitrogens with two attached hydrogens (primary N) is 1. The van der Waals surface area contributed by atoms with Gasteiger partial charge in [-0.25, -0.2) is 13.6 Å². The highest BCUT2D eigenvalue weighted by atomic mass is 35.5. The minimum atomic E-state index is -3.17. The number of hydrogen-bond acceptors (Lipinski definition) is 2. The Balaban J connectivity index is -0.0000000267. The summed E-state index contributed by atoms with van der Waals surface area (Å²) in [6.45, 7) is 0. The van der Waals surface area contributed by atoms with Crippen LogP contribution in [0.2, 0.25) is 0 Å². The average molecular weight is 205 g/mol. The van der Waals surface area contributed by atoms with Crippen molar-refractivity contribution in [2.75, 3.05) is 6.26 Å². The lowest BCUT2D eigenvalue weighted by atomic mass is 12.0. The van der Waals surface area contributed by atoms with Crippen LogP contribution in [-0.4, -0.2) is 14.7 Å². The van der Waals surface area contributed by atoms with E-state index >= 15 is 0 Å². The Morgan fingerprint density at radius 3 is 1.12 bits per heavy atom. The molecule has 7 heteroatoms. The fourth-order valence-corrected chi connectivity index (χ4v) is 0. The van der Waals surface area contributed by atoms with E-state index in [4.69, 9.17) is 0 Å². The van der Waals surface area contributed by atoms with Gasteiger partial charge in [0.2, 0.25) is 10.0 Å². The third kappa shape index (κ3) is 372. The normalized spacial score (nSPS) is 7.25. The largest absolute Gasteiger partial charge is 0.229 e. The topological polar surface area (TPSA) is 60.2 Å². The third-order valence-electron chi connectivity index (χ3n) is 0. The molecule has 0 atom stereocenters. The number of hydrogen-bond donors (Lipinski definition) is 1. The lowest BCUT2D eigenvalue weighted by Crippen LogP contribution is -2.07. The van der Waals surface area contributed by atoms with Crippen molar-refractivity contribution in [2.24, 2.45) is 5.14 Å². The summed E-state index contributed by atoms with van der Waals surface area (Å²) < 4.78 is 18.8. The molecule has 0 unspecified atom stereocenters. The van der Waals surface area contributed by atoms with Crippen LogP contribution in [-0.2, 0) is 10.0 Å². The minimum absolute atomic E-state index is 0. The van der Waals surface area contributed by atoms with Gasteiger partial charge >= 0.3 is 0 Å². The number of sulfonamides is 1. The second kappa shape index (κ2) is 7.78. The number of primary sulfonamides is 1. The molecule has 0 aromatic carbocycles. The predicted octanol–water partition coefficient (Wildman–Crippen LogP) is 0.170. The van der Waals surface area contributed by atoms with Crippen molar-refractivity contribution in [2.45, 2.75) is 0 Å². The van der Waals surface area contributed by atoms with E-state index in [9.17, 15) is 8.42 Å². The molecular formula is CH8Cl3NO2S. The summed E-state index contributed by atoms with van der Waals surface area (Å²) >= 11 is 0. The van der Waals surface area contributed by atoms with Gasteiger partial charge in [-0.15, -0.1) is 37.2 Å². The van der Waals surface area contributed by atoms with Crippen molar-refractivity contribution in [3.63, 3.8) is 0 Å². The zero-order valence-electron chi connectivity index (χ0n) is 4.03. The van der Waals surface area contributed by atoms with Gasteiger partial charge in [-0.3, -0.25) is 0 Å². The van der Waals surface area contributed by atoms with Crippen molar-refractivity contribution in [1.29, 1.82) is 0 Å². The summed E-state index contributed by atoms with van der Waals surface area (Å²) in [7, 11) is -3.17. The summed E-state index contributed by atoms with van der Waals surface area (Å²) in [5.74, 6) is 0. The molecular weight excluding hydrogens is 196 g/mol.